The first kappa shape index (κ1) is 11.9. The Morgan fingerprint density at radius 1 is 1.15 bits per heavy atom. The van der Waals surface area contributed by atoms with Crippen LogP contribution >= 0.6 is 11.6 Å². The lowest BCUT2D eigenvalue weighted by Gasteiger charge is -1.97. The molecule has 0 amide bonds. The Balaban J connectivity index is 1.72. The van der Waals surface area contributed by atoms with E-state index >= 15 is 0 Å². The molecule has 3 aromatic rings. The number of nitrogens with zero attached hydrogens (tertiary/aromatic N) is 4. The van der Waals surface area contributed by atoms with Crippen LogP contribution in [-0.4, -0.2) is 19.6 Å². The third-order valence-electron chi connectivity index (χ3n) is 3.73. The minimum absolute atomic E-state index is 0.716. The van der Waals surface area contributed by atoms with Crippen molar-refractivity contribution in [3.8, 4) is 0 Å². The lowest BCUT2D eigenvalue weighted by molar-refractivity contribution is 0.862. The van der Waals surface area contributed by atoms with Crippen molar-refractivity contribution in [1.82, 2.24) is 19.6 Å². The van der Waals surface area contributed by atoms with E-state index in [2.05, 4.69) is 15.1 Å². The predicted molar refractivity (Wildman–Crippen MR) is 77.1 cm³/mol. The van der Waals surface area contributed by atoms with Gasteiger partial charge in [0.15, 0.2) is 11.5 Å². The Hall–Kier alpha value is -1.94. The summed E-state index contributed by atoms with van der Waals surface area (Å²) in [6.07, 6.45) is 5.78. The van der Waals surface area contributed by atoms with Crippen LogP contribution in [0.25, 0.3) is 5.65 Å². The average molecular weight is 285 g/mol. The average Bonchev–Trinajstić information content (AvgIpc) is 3.06. The van der Waals surface area contributed by atoms with Crippen LogP contribution < -0.4 is 0 Å². The van der Waals surface area contributed by atoms with Gasteiger partial charge < -0.3 is 0 Å². The molecule has 0 fully saturated rings. The van der Waals surface area contributed by atoms with Crippen molar-refractivity contribution in [3.63, 3.8) is 0 Å². The molecule has 1 aliphatic rings. The molecule has 0 bridgehead atoms. The van der Waals surface area contributed by atoms with Gasteiger partial charge in [0.05, 0.1) is 0 Å². The lowest BCUT2D eigenvalue weighted by Crippen LogP contribution is -1.96. The third-order valence-corrected chi connectivity index (χ3v) is 3.98. The number of fused-ring (bicyclic) bond motifs is 3. The highest BCUT2D eigenvalue weighted by atomic mass is 35.5. The van der Waals surface area contributed by atoms with E-state index in [1.807, 2.05) is 24.3 Å². The number of aryl methyl sites for hydroxylation is 2. The molecule has 2 heterocycles. The van der Waals surface area contributed by atoms with Crippen LogP contribution in [0, 0.1) is 0 Å². The molecule has 1 aliphatic carbocycles. The van der Waals surface area contributed by atoms with E-state index in [0.717, 1.165) is 34.9 Å². The van der Waals surface area contributed by atoms with E-state index in [9.17, 15) is 0 Å². The topological polar surface area (TPSA) is 43.1 Å². The van der Waals surface area contributed by atoms with Crippen molar-refractivity contribution in [2.24, 2.45) is 0 Å². The summed E-state index contributed by atoms with van der Waals surface area (Å²) in [5, 5.41) is 5.27. The van der Waals surface area contributed by atoms with E-state index in [-0.39, 0.29) is 0 Å². The SMILES string of the molecule is Clc1ccc(Cc2nc3c4c(ncn3n2)CCC4)cc1. The molecule has 0 spiro atoms. The summed E-state index contributed by atoms with van der Waals surface area (Å²) < 4.78 is 1.80. The molecule has 4 nitrogen and oxygen atoms in total. The standard InChI is InChI=1S/C15H13ClN4/c16-11-6-4-10(5-7-11)8-14-18-15-12-2-1-3-13(12)17-9-20(15)19-14/h4-7,9H,1-3,8H2. The largest absolute Gasteiger partial charge is 0.241 e. The van der Waals surface area contributed by atoms with Gasteiger partial charge >= 0.3 is 0 Å². The number of hydrogen-bond donors (Lipinski definition) is 0. The van der Waals surface area contributed by atoms with Gasteiger partial charge in [0, 0.05) is 22.7 Å². The third kappa shape index (κ3) is 1.96. The van der Waals surface area contributed by atoms with Gasteiger partial charge in [0.1, 0.15) is 6.33 Å². The van der Waals surface area contributed by atoms with Crippen molar-refractivity contribution in [1.29, 1.82) is 0 Å². The summed E-state index contributed by atoms with van der Waals surface area (Å²) in [5.41, 5.74) is 4.58. The minimum Gasteiger partial charge on any atom is -0.241 e. The summed E-state index contributed by atoms with van der Waals surface area (Å²) in [7, 11) is 0. The molecule has 0 saturated heterocycles. The number of halogens is 1. The molecule has 0 radical (unpaired) electrons. The van der Waals surface area contributed by atoms with Crippen molar-refractivity contribution in [2.45, 2.75) is 25.7 Å². The second-order valence-electron chi connectivity index (χ2n) is 5.12. The van der Waals surface area contributed by atoms with Crippen molar-refractivity contribution < 1.29 is 0 Å². The van der Waals surface area contributed by atoms with Gasteiger partial charge in [-0.3, -0.25) is 0 Å². The molecule has 4 rings (SSSR count). The zero-order chi connectivity index (χ0) is 13.5. The summed E-state index contributed by atoms with van der Waals surface area (Å²) >= 11 is 5.90. The lowest BCUT2D eigenvalue weighted by atomic mass is 10.1. The maximum Gasteiger partial charge on any atom is 0.162 e. The Kier molecular flexibility index (Phi) is 2.70. The molecule has 0 unspecified atom stereocenters. The van der Waals surface area contributed by atoms with Crippen LogP contribution in [0.3, 0.4) is 0 Å². The number of benzene rings is 1. The zero-order valence-corrected chi connectivity index (χ0v) is 11.6. The molecule has 100 valence electrons. The molecular weight excluding hydrogens is 272 g/mol. The summed E-state index contributed by atoms with van der Waals surface area (Å²) in [4.78, 5) is 9.14. The van der Waals surface area contributed by atoms with Crippen molar-refractivity contribution in [2.75, 3.05) is 0 Å². The first-order valence-electron chi connectivity index (χ1n) is 6.76. The maximum absolute atomic E-state index is 5.90. The van der Waals surface area contributed by atoms with Crippen molar-refractivity contribution in [3.05, 3.63) is 58.3 Å². The summed E-state index contributed by atoms with van der Waals surface area (Å²) in [5.74, 6) is 0.828. The number of hydrogen-bond acceptors (Lipinski definition) is 3. The van der Waals surface area contributed by atoms with Gasteiger partial charge in [-0.25, -0.2) is 14.5 Å². The van der Waals surface area contributed by atoms with Gasteiger partial charge in [-0.2, -0.15) is 0 Å². The molecular formula is C15H13ClN4. The van der Waals surface area contributed by atoms with Gasteiger partial charge in [-0.05, 0) is 37.0 Å². The fourth-order valence-electron chi connectivity index (χ4n) is 2.75. The Labute approximate surface area is 121 Å². The quantitative estimate of drug-likeness (QED) is 0.727. The second-order valence-corrected chi connectivity index (χ2v) is 5.56. The molecule has 0 atom stereocenters. The summed E-state index contributed by atoms with van der Waals surface area (Å²) in [6.45, 7) is 0. The maximum atomic E-state index is 5.90. The van der Waals surface area contributed by atoms with Crippen LogP contribution in [0.1, 0.15) is 29.1 Å². The van der Waals surface area contributed by atoms with E-state index in [1.54, 1.807) is 10.8 Å². The van der Waals surface area contributed by atoms with E-state index in [0.29, 0.717) is 6.42 Å². The van der Waals surface area contributed by atoms with Crippen LogP contribution in [0.2, 0.25) is 5.02 Å². The van der Waals surface area contributed by atoms with Crippen molar-refractivity contribution >= 4 is 17.2 Å². The predicted octanol–water partition coefficient (Wildman–Crippen LogP) is 2.86. The second kappa shape index (κ2) is 4.56. The molecule has 1 aromatic carbocycles. The fourth-order valence-corrected chi connectivity index (χ4v) is 2.88. The smallest absolute Gasteiger partial charge is 0.162 e. The van der Waals surface area contributed by atoms with Gasteiger partial charge in [-0.15, -0.1) is 5.10 Å². The fraction of sp³-hybridized carbons (Fsp3) is 0.267. The van der Waals surface area contributed by atoms with Gasteiger partial charge in [0.25, 0.3) is 0 Å². The normalized spacial score (nSPS) is 13.8. The Bertz CT molecular complexity index is 776. The molecule has 0 saturated carbocycles. The number of rotatable bonds is 2. The van der Waals surface area contributed by atoms with Gasteiger partial charge in [0.2, 0.25) is 0 Å². The molecule has 20 heavy (non-hydrogen) atoms. The van der Waals surface area contributed by atoms with Crippen LogP contribution in [-0.2, 0) is 19.3 Å². The molecule has 0 N–H and O–H groups in total. The number of aromatic nitrogens is 4. The molecule has 0 aliphatic heterocycles. The first-order chi connectivity index (χ1) is 9.79. The highest BCUT2D eigenvalue weighted by molar-refractivity contribution is 6.30. The highest BCUT2D eigenvalue weighted by Crippen LogP contribution is 2.23. The van der Waals surface area contributed by atoms with Crippen LogP contribution in [0.4, 0.5) is 0 Å². The highest BCUT2D eigenvalue weighted by Gasteiger charge is 2.18. The van der Waals surface area contributed by atoms with Crippen LogP contribution in [0.15, 0.2) is 30.6 Å². The summed E-state index contributed by atoms with van der Waals surface area (Å²) in [6, 6.07) is 7.81. The van der Waals surface area contributed by atoms with Gasteiger partial charge in [-0.1, -0.05) is 23.7 Å². The van der Waals surface area contributed by atoms with E-state index < -0.39 is 0 Å². The Morgan fingerprint density at radius 3 is 2.85 bits per heavy atom. The van der Waals surface area contributed by atoms with E-state index in [1.165, 1.54) is 17.7 Å². The molecule has 5 heteroatoms. The van der Waals surface area contributed by atoms with Crippen LogP contribution in [0.5, 0.6) is 0 Å². The monoisotopic (exact) mass is 284 g/mol. The molecule has 2 aromatic heterocycles. The Morgan fingerprint density at radius 2 is 2.00 bits per heavy atom. The minimum atomic E-state index is 0.716. The first-order valence-corrected chi connectivity index (χ1v) is 7.14. The zero-order valence-electron chi connectivity index (χ0n) is 10.9. The van der Waals surface area contributed by atoms with E-state index in [4.69, 9.17) is 11.6 Å².